The Morgan fingerprint density at radius 1 is 0.284 bits per heavy atom. The van der Waals surface area contributed by atoms with Gasteiger partial charge in [-0.15, -0.1) is 0 Å². The third kappa shape index (κ3) is 35.0. The van der Waals surface area contributed by atoms with E-state index in [1.165, 1.54) is 0 Å². The first-order valence-corrected chi connectivity index (χ1v) is 38.1. The number of nitrogens with zero attached hydrogens (tertiary/aromatic N) is 2. The lowest BCUT2D eigenvalue weighted by Gasteiger charge is -2.31. The van der Waals surface area contributed by atoms with Gasteiger partial charge in [-0.3, -0.25) is 38.6 Å². The first-order valence-electron chi connectivity index (χ1n) is 38.1. The summed E-state index contributed by atoms with van der Waals surface area (Å²) in [5, 5.41) is 30.3. The molecule has 0 unspecified atom stereocenters. The van der Waals surface area contributed by atoms with Crippen LogP contribution < -0.4 is 40.2 Å². The maximum atomic E-state index is 14.5. The number of rotatable bonds is 56. The van der Waals surface area contributed by atoms with E-state index in [1.807, 2.05) is 218 Å². The van der Waals surface area contributed by atoms with Crippen LogP contribution in [0.3, 0.4) is 0 Å². The lowest BCUT2D eigenvalue weighted by molar-refractivity contribution is -0.138. The van der Waals surface area contributed by atoms with Gasteiger partial charge in [0.2, 0.25) is 23.6 Å². The molecule has 0 saturated carbocycles. The smallest absolute Gasteiger partial charge is 0.303 e. The van der Waals surface area contributed by atoms with E-state index in [4.69, 9.17) is 43.4 Å². The van der Waals surface area contributed by atoms with Gasteiger partial charge in [-0.05, 0) is 157 Å². The number of carboxylic acids is 2. The van der Waals surface area contributed by atoms with Crippen LogP contribution in [0.25, 0.3) is 0 Å². The van der Waals surface area contributed by atoms with Crippen LogP contribution >= 0.6 is 0 Å². The monoisotopic (exact) mass is 1490 g/mol. The standard InChI is InChI=1S/C88H108N6O15/c95-83(31-17-33-85(97)98)89-51-15-13-29-81(93(61-69-35-43-77(44-36-69)106-65-73-21-5-1-6-22-73)62-70-37-45-78(46-38-70)107-66-74-23-7-2-8-24-74)87(101)91-53-19-55-103-57-59-105-60-58-104-56-20-54-92-88(102)82(30-14-16-52-90-84(96)32-18-34-86(99)100)94(63-71-39-47-79(48-40-71)108-67-75-25-9-3-10-26-75)64-72-41-49-80(50-42-72)109-68-76-27-11-4-12-28-76/h1-12,21-28,35-50,81-82H,13-20,29-34,51-68H2,(H,89,95)(H,90,96)(H,91,101)(H,92,102)(H,97,98)(H,99,100)/t81-,82-/m0/s1. The molecule has 0 spiro atoms. The molecule has 109 heavy (non-hydrogen) atoms. The predicted octanol–water partition coefficient (Wildman–Crippen LogP) is 13.6. The van der Waals surface area contributed by atoms with Crippen molar-refractivity contribution < 1.29 is 72.1 Å². The van der Waals surface area contributed by atoms with Gasteiger partial charge in [0, 0.05) is 91.3 Å². The zero-order valence-electron chi connectivity index (χ0n) is 62.7. The van der Waals surface area contributed by atoms with Crippen molar-refractivity contribution in [2.75, 3.05) is 65.8 Å². The van der Waals surface area contributed by atoms with E-state index in [2.05, 4.69) is 31.1 Å². The second-order valence-electron chi connectivity index (χ2n) is 26.8. The van der Waals surface area contributed by atoms with E-state index in [1.54, 1.807) is 0 Å². The summed E-state index contributed by atoms with van der Waals surface area (Å²) in [7, 11) is 0. The van der Waals surface area contributed by atoms with Crippen LogP contribution in [0.1, 0.15) is 134 Å². The second-order valence-corrected chi connectivity index (χ2v) is 26.8. The van der Waals surface area contributed by atoms with Crippen molar-refractivity contribution in [2.24, 2.45) is 0 Å². The molecule has 6 N–H and O–H groups in total. The minimum Gasteiger partial charge on any atom is -0.489 e. The van der Waals surface area contributed by atoms with Crippen LogP contribution in [0.4, 0.5) is 0 Å². The lowest BCUT2D eigenvalue weighted by atomic mass is 10.0. The van der Waals surface area contributed by atoms with Crippen molar-refractivity contribution in [3.8, 4) is 23.0 Å². The predicted molar refractivity (Wildman–Crippen MR) is 419 cm³/mol. The topological polar surface area (TPSA) is 262 Å². The molecule has 21 nitrogen and oxygen atoms in total. The summed E-state index contributed by atoms with van der Waals surface area (Å²) in [5.41, 5.74) is 8.25. The Bertz CT molecular complexity index is 3430. The molecule has 8 aromatic rings. The molecule has 0 radical (unpaired) electrons. The van der Waals surface area contributed by atoms with Crippen molar-refractivity contribution in [2.45, 2.75) is 155 Å². The maximum absolute atomic E-state index is 14.5. The number of hydrogen-bond acceptors (Lipinski definition) is 15. The largest absolute Gasteiger partial charge is 0.489 e. The first kappa shape index (κ1) is 84.2. The highest BCUT2D eigenvalue weighted by molar-refractivity contribution is 5.82. The average molecular weight is 1490 g/mol. The average Bonchev–Trinajstić information content (AvgIpc) is 0.848. The number of carboxylic acid groups (broad SMARTS) is 2. The molecule has 0 aliphatic heterocycles. The summed E-state index contributed by atoms with van der Waals surface area (Å²) >= 11 is 0. The molecule has 0 bridgehead atoms. The molecule has 0 fully saturated rings. The van der Waals surface area contributed by atoms with Gasteiger partial charge in [-0.25, -0.2) is 0 Å². The third-order valence-electron chi connectivity index (χ3n) is 18.0. The van der Waals surface area contributed by atoms with E-state index in [9.17, 15) is 28.8 Å². The van der Waals surface area contributed by atoms with E-state index < -0.39 is 24.0 Å². The van der Waals surface area contributed by atoms with Crippen LogP contribution in [-0.4, -0.2) is 133 Å². The normalized spacial score (nSPS) is 11.7. The molecule has 0 aliphatic carbocycles. The second kappa shape index (κ2) is 50.3. The van der Waals surface area contributed by atoms with Crippen LogP contribution in [0.15, 0.2) is 218 Å². The van der Waals surface area contributed by atoms with Gasteiger partial charge in [0.15, 0.2) is 0 Å². The Kier molecular flexibility index (Phi) is 38.8. The Morgan fingerprint density at radius 3 is 0.826 bits per heavy atom. The lowest BCUT2D eigenvalue weighted by Crippen LogP contribution is -2.46. The number of carbonyl (C=O) groups is 6. The number of nitrogens with one attached hydrogen (secondary N) is 4. The number of unbranched alkanes of at least 4 members (excludes halogenated alkanes) is 2. The van der Waals surface area contributed by atoms with Gasteiger partial charge >= 0.3 is 11.9 Å². The number of benzene rings is 8. The molecule has 580 valence electrons. The van der Waals surface area contributed by atoms with Crippen LogP contribution in [0.5, 0.6) is 23.0 Å². The van der Waals surface area contributed by atoms with Crippen molar-refractivity contribution in [3.63, 3.8) is 0 Å². The van der Waals surface area contributed by atoms with Gasteiger partial charge in [0.25, 0.3) is 0 Å². The summed E-state index contributed by atoms with van der Waals surface area (Å²) in [6.07, 6.45) is 5.32. The Hall–Kier alpha value is -10.4. The number of amides is 4. The minimum absolute atomic E-state index is 0.0710. The van der Waals surface area contributed by atoms with Crippen LogP contribution in [0, 0.1) is 0 Å². The molecule has 4 amide bonds. The molecule has 0 aromatic heterocycles. The summed E-state index contributed by atoms with van der Waals surface area (Å²) in [5.74, 6) is 0.423. The highest BCUT2D eigenvalue weighted by atomic mass is 16.5. The van der Waals surface area contributed by atoms with Gasteiger partial charge in [-0.1, -0.05) is 170 Å². The quantitative estimate of drug-likeness (QED) is 0.0194. The number of ether oxygens (including phenoxy) is 7. The minimum atomic E-state index is -0.937. The van der Waals surface area contributed by atoms with Crippen molar-refractivity contribution in [1.29, 1.82) is 0 Å². The Labute approximate surface area is 642 Å². The van der Waals surface area contributed by atoms with Crippen molar-refractivity contribution in [1.82, 2.24) is 31.1 Å². The maximum Gasteiger partial charge on any atom is 0.303 e. The highest BCUT2D eigenvalue weighted by Crippen LogP contribution is 2.26. The Balaban J connectivity index is 0.802. The molecule has 2 atom stereocenters. The molecular weight excluding hydrogens is 1380 g/mol. The molecule has 0 aliphatic rings. The molecule has 0 saturated heterocycles. The van der Waals surface area contributed by atoms with Gasteiger partial charge < -0.3 is 64.6 Å². The molecule has 8 rings (SSSR count). The van der Waals surface area contributed by atoms with E-state index >= 15 is 0 Å². The van der Waals surface area contributed by atoms with Crippen molar-refractivity contribution in [3.05, 3.63) is 263 Å². The zero-order valence-corrected chi connectivity index (χ0v) is 62.7. The summed E-state index contributed by atoms with van der Waals surface area (Å²) < 4.78 is 42.2. The summed E-state index contributed by atoms with van der Waals surface area (Å²) in [6.45, 7) is 7.33. The SMILES string of the molecule is O=C(O)CCCC(=O)NCCCC[C@@H](C(=O)NCCCOCCOCCOCCCNC(=O)[C@H](CCCCNC(=O)CCCC(=O)O)N(Cc1ccc(OCc2ccccc2)cc1)Cc1ccc(OCc2ccccc2)cc1)N(Cc1ccc(OCc2ccccc2)cc1)Cc1ccc(OCc2ccccc2)cc1. The van der Waals surface area contributed by atoms with Gasteiger partial charge in [0.1, 0.15) is 49.4 Å². The fraction of sp³-hybridized carbons (Fsp3) is 0.386. The first-order chi connectivity index (χ1) is 53.4. The molecule has 0 heterocycles. The van der Waals surface area contributed by atoms with Crippen LogP contribution in [0.2, 0.25) is 0 Å². The zero-order chi connectivity index (χ0) is 76.6. The van der Waals surface area contributed by atoms with Crippen molar-refractivity contribution >= 4 is 35.6 Å². The summed E-state index contributed by atoms with van der Waals surface area (Å²) in [4.78, 5) is 80.6. The van der Waals surface area contributed by atoms with E-state index in [0.29, 0.717) is 170 Å². The molecule has 8 aromatic carbocycles. The molecular formula is C88H108N6O15. The van der Waals surface area contributed by atoms with Crippen LogP contribution in [-0.2, 0) is 95.6 Å². The fourth-order valence-electron chi connectivity index (χ4n) is 12.1. The number of hydrogen-bond donors (Lipinski definition) is 6. The third-order valence-corrected chi connectivity index (χ3v) is 18.0. The molecule has 21 heteroatoms. The highest BCUT2D eigenvalue weighted by Gasteiger charge is 2.28. The number of aliphatic carboxylic acids is 2. The van der Waals surface area contributed by atoms with Gasteiger partial charge in [0.05, 0.1) is 38.5 Å². The van der Waals surface area contributed by atoms with E-state index in [-0.39, 0.29) is 62.2 Å². The summed E-state index contributed by atoms with van der Waals surface area (Å²) in [6, 6.07) is 70.7. The fourth-order valence-corrected chi connectivity index (χ4v) is 12.1. The Morgan fingerprint density at radius 2 is 0.550 bits per heavy atom. The number of carbonyl (C=O) groups excluding carboxylic acids is 4. The van der Waals surface area contributed by atoms with Gasteiger partial charge in [-0.2, -0.15) is 0 Å². The van der Waals surface area contributed by atoms with E-state index in [0.717, 1.165) is 67.5 Å².